The number of benzene rings is 3. The Kier molecular flexibility index (Phi) is 9.19. The molecule has 2 amide bonds. The van der Waals surface area contributed by atoms with Gasteiger partial charge in [-0.05, 0) is 72.5 Å². The molecule has 0 bridgehead atoms. The molecular weight excluding hydrogens is 502 g/mol. The molecule has 37 heavy (non-hydrogen) atoms. The number of thiazole rings is 1. The lowest BCUT2D eigenvalue weighted by Crippen LogP contribution is -2.13. The van der Waals surface area contributed by atoms with E-state index in [4.69, 9.17) is 4.74 Å². The van der Waals surface area contributed by atoms with Crippen LogP contribution in [0.25, 0.3) is 10.2 Å². The molecule has 2 N–H and O–H groups in total. The Morgan fingerprint density at radius 2 is 1.70 bits per heavy atom. The summed E-state index contributed by atoms with van der Waals surface area (Å²) in [6.45, 7) is 7.08. The number of anilines is 2. The predicted octanol–water partition coefficient (Wildman–Crippen LogP) is 7.58. The third kappa shape index (κ3) is 7.57. The molecule has 4 aromatic rings. The zero-order valence-electron chi connectivity index (χ0n) is 21.2. The molecular formula is C29H31N3O3S2. The molecule has 0 unspecified atom stereocenters. The van der Waals surface area contributed by atoms with Crippen LogP contribution < -0.4 is 15.4 Å². The van der Waals surface area contributed by atoms with Gasteiger partial charge in [0.2, 0.25) is 5.91 Å². The minimum absolute atomic E-state index is 0.0729. The van der Waals surface area contributed by atoms with Crippen LogP contribution in [0.5, 0.6) is 5.75 Å². The summed E-state index contributed by atoms with van der Waals surface area (Å²) < 4.78 is 7.42. The lowest BCUT2D eigenvalue weighted by Gasteiger charge is -2.08. The number of unbranched alkanes of at least 4 members (excludes halogenated alkanes) is 1. The van der Waals surface area contributed by atoms with E-state index in [0.717, 1.165) is 38.8 Å². The summed E-state index contributed by atoms with van der Waals surface area (Å²) in [5.41, 5.74) is 4.13. The van der Waals surface area contributed by atoms with Gasteiger partial charge in [-0.15, -0.1) is 11.3 Å². The molecule has 1 aromatic heterocycles. The minimum atomic E-state index is -0.184. The van der Waals surface area contributed by atoms with Crippen LogP contribution in [0.1, 0.15) is 55.5 Å². The first-order valence-electron chi connectivity index (χ1n) is 12.4. The number of carbonyl (C=O) groups is 2. The van der Waals surface area contributed by atoms with Crippen molar-refractivity contribution in [3.8, 4) is 5.75 Å². The van der Waals surface area contributed by atoms with Crippen molar-refractivity contribution < 1.29 is 14.3 Å². The molecule has 0 saturated heterocycles. The van der Waals surface area contributed by atoms with Gasteiger partial charge in [0.1, 0.15) is 5.75 Å². The van der Waals surface area contributed by atoms with Crippen molar-refractivity contribution in [3.05, 3.63) is 77.9 Å². The van der Waals surface area contributed by atoms with Gasteiger partial charge in [0.05, 0.1) is 22.6 Å². The van der Waals surface area contributed by atoms with E-state index in [1.165, 1.54) is 28.7 Å². The highest BCUT2D eigenvalue weighted by atomic mass is 32.2. The van der Waals surface area contributed by atoms with E-state index in [1.54, 1.807) is 12.1 Å². The van der Waals surface area contributed by atoms with Crippen LogP contribution in [0.15, 0.2) is 71.1 Å². The first kappa shape index (κ1) is 26.7. The fraction of sp³-hybridized carbons (Fsp3) is 0.276. The smallest absolute Gasteiger partial charge is 0.255 e. The fourth-order valence-electron chi connectivity index (χ4n) is 3.56. The second-order valence-electron chi connectivity index (χ2n) is 8.96. The summed E-state index contributed by atoms with van der Waals surface area (Å²) in [4.78, 5) is 29.7. The number of ether oxygens (including phenoxy) is 1. The molecule has 0 aliphatic rings. The molecule has 0 saturated carbocycles. The van der Waals surface area contributed by atoms with E-state index in [9.17, 15) is 9.59 Å². The maximum atomic E-state index is 12.7. The number of nitrogens with zero attached hydrogens (tertiary/aromatic N) is 1. The van der Waals surface area contributed by atoms with Crippen LogP contribution in [-0.2, 0) is 4.79 Å². The lowest BCUT2D eigenvalue weighted by molar-refractivity contribution is -0.113. The number of fused-ring (bicyclic) bond motifs is 1. The highest BCUT2D eigenvalue weighted by Gasteiger charge is 2.11. The molecule has 0 spiro atoms. The monoisotopic (exact) mass is 533 g/mol. The number of rotatable bonds is 11. The van der Waals surface area contributed by atoms with Gasteiger partial charge >= 0.3 is 0 Å². The van der Waals surface area contributed by atoms with Gasteiger partial charge in [0.15, 0.2) is 4.34 Å². The molecule has 0 aliphatic carbocycles. The van der Waals surface area contributed by atoms with E-state index in [2.05, 4.69) is 36.4 Å². The SMILES string of the molecule is CCCCOc1ccc(C(=O)Nc2ccc3nc(SCC(=O)Nc4ccc(C(C)C)cc4)sc3c2)cc1. The van der Waals surface area contributed by atoms with Crippen molar-refractivity contribution in [3.63, 3.8) is 0 Å². The molecule has 192 valence electrons. The maximum Gasteiger partial charge on any atom is 0.255 e. The lowest BCUT2D eigenvalue weighted by atomic mass is 10.0. The average Bonchev–Trinajstić information content (AvgIpc) is 3.30. The van der Waals surface area contributed by atoms with Crippen LogP contribution in [0.2, 0.25) is 0 Å². The molecule has 0 aliphatic heterocycles. The van der Waals surface area contributed by atoms with Gasteiger partial charge in [-0.3, -0.25) is 9.59 Å². The van der Waals surface area contributed by atoms with Crippen molar-refractivity contribution in [1.82, 2.24) is 4.98 Å². The first-order valence-corrected chi connectivity index (χ1v) is 14.2. The van der Waals surface area contributed by atoms with Crippen LogP contribution in [0.3, 0.4) is 0 Å². The number of thioether (sulfide) groups is 1. The Morgan fingerprint density at radius 1 is 0.973 bits per heavy atom. The van der Waals surface area contributed by atoms with E-state index >= 15 is 0 Å². The zero-order valence-corrected chi connectivity index (χ0v) is 22.9. The standard InChI is InChI=1S/C29H31N3O3S2/c1-4-5-16-35-24-13-8-21(9-14-24)28(34)31-23-12-15-25-26(17-23)37-29(32-25)36-18-27(33)30-22-10-6-20(7-11-22)19(2)3/h6-15,17,19H,4-5,16,18H2,1-3H3,(H,30,33)(H,31,34). The molecule has 1 heterocycles. The van der Waals surface area contributed by atoms with Crippen LogP contribution in [0, 0.1) is 0 Å². The molecule has 0 atom stereocenters. The van der Waals surface area contributed by atoms with Gasteiger partial charge < -0.3 is 15.4 Å². The van der Waals surface area contributed by atoms with Crippen molar-refractivity contribution in [1.29, 1.82) is 0 Å². The van der Waals surface area contributed by atoms with E-state index in [0.29, 0.717) is 23.8 Å². The van der Waals surface area contributed by atoms with Gasteiger partial charge in [-0.25, -0.2) is 4.98 Å². The molecule has 4 rings (SSSR count). The predicted molar refractivity (Wildman–Crippen MR) is 154 cm³/mol. The molecule has 0 fully saturated rings. The number of amides is 2. The maximum absolute atomic E-state index is 12.7. The number of aromatic nitrogens is 1. The zero-order chi connectivity index (χ0) is 26.2. The Morgan fingerprint density at radius 3 is 2.41 bits per heavy atom. The Balaban J connectivity index is 1.31. The first-order chi connectivity index (χ1) is 17.9. The van der Waals surface area contributed by atoms with Gasteiger partial charge in [0.25, 0.3) is 5.91 Å². The van der Waals surface area contributed by atoms with E-state index in [1.807, 2.05) is 54.6 Å². The normalized spacial score (nSPS) is 11.0. The third-order valence-corrected chi connectivity index (χ3v) is 7.86. The molecule has 8 heteroatoms. The van der Waals surface area contributed by atoms with Gasteiger partial charge in [-0.2, -0.15) is 0 Å². The molecule has 0 radical (unpaired) electrons. The minimum Gasteiger partial charge on any atom is -0.494 e. The number of hydrogen-bond donors (Lipinski definition) is 2. The van der Waals surface area contributed by atoms with Crippen LogP contribution in [0.4, 0.5) is 11.4 Å². The summed E-state index contributed by atoms with van der Waals surface area (Å²) in [5, 5.41) is 5.88. The Bertz CT molecular complexity index is 1350. The second-order valence-corrected chi connectivity index (χ2v) is 11.2. The Hall–Kier alpha value is -3.36. The number of nitrogens with one attached hydrogen (secondary N) is 2. The second kappa shape index (κ2) is 12.7. The average molecular weight is 534 g/mol. The van der Waals surface area contributed by atoms with Crippen LogP contribution in [-0.4, -0.2) is 29.2 Å². The Labute approximate surface area is 225 Å². The summed E-state index contributed by atoms with van der Waals surface area (Å²) in [6, 6.07) is 20.7. The topological polar surface area (TPSA) is 80.3 Å². The third-order valence-electron chi connectivity index (χ3n) is 5.70. The van der Waals surface area contributed by atoms with Gasteiger partial charge in [0, 0.05) is 16.9 Å². The van der Waals surface area contributed by atoms with Crippen molar-refractivity contribution in [2.24, 2.45) is 0 Å². The highest BCUT2D eigenvalue weighted by Crippen LogP contribution is 2.31. The summed E-state index contributed by atoms with van der Waals surface area (Å²) in [5.74, 6) is 1.23. The summed E-state index contributed by atoms with van der Waals surface area (Å²) in [7, 11) is 0. The largest absolute Gasteiger partial charge is 0.494 e. The number of hydrogen-bond acceptors (Lipinski definition) is 6. The summed E-state index contributed by atoms with van der Waals surface area (Å²) >= 11 is 2.91. The fourth-order valence-corrected chi connectivity index (χ4v) is 5.47. The highest BCUT2D eigenvalue weighted by molar-refractivity contribution is 8.01. The summed E-state index contributed by atoms with van der Waals surface area (Å²) in [6.07, 6.45) is 2.08. The van der Waals surface area contributed by atoms with E-state index in [-0.39, 0.29) is 17.6 Å². The quantitative estimate of drug-likeness (QED) is 0.153. The molecule has 3 aromatic carbocycles. The number of carbonyl (C=O) groups excluding carboxylic acids is 2. The van der Waals surface area contributed by atoms with Crippen molar-refractivity contribution in [2.45, 2.75) is 43.9 Å². The molecule has 6 nitrogen and oxygen atoms in total. The van der Waals surface area contributed by atoms with Crippen molar-refractivity contribution in [2.75, 3.05) is 23.0 Å². The van der Waals surface area contributed by atoms with E-state index < -0.39 is 0 Å². The van der Waals surface area contributed by atoms with Crippen molar-refractivity contribution >= 4 is 56.5 Å². The van der Waals surface area contributed by atoms with Crippen LogP contribution >= 0.6 is 23.1 Å². The van der Waals surface area contributed by atoms with Gasteiger partial charge in [-0.1, -0.05) is 51.1 Å².